The molecule has 0 atom stereocenters. The summed E-state index contributed by atoms with van der Waals surface area (Å²) in [5, 5.41) is 0. The minimum absolute atomic E-state index is 0.351. The van der Waals surface area contributed by atoms with Gasteiger partial charge in [-0.15, -0.1) is 0 Å². The van der Waals surface area contributed by atoms with Crippen LogP contribution in [0.5, 0.6) is 0 Å². The van der Waals surface area contributed by atoms with E-state index >= 15 is 0 Å². The molecule has 4 rings (SSSR count). The molecule has 0 heteroatoms. The molecule has 0 aliphatic heterocycles. The molecule has 0 bridgehead atoms. The Kier molecular flexibility index (Phi) is 4.00. The SMILES string of the molecule is CC(C)c1cc(C(C)C)cc(C2c3ccccc3-c3ccccc32)c1. The van der Waals surface area contributed by atoms with E-state index in [-0.39, 0.29) is 0 Å². The van der Waals surface area contributed by atoms with Gasteiger partial charge in [-0.3, -0.25) is 0 Å². The molecule has 1 aliphatic rings. The van der Waals surface area contributed by atoms with Crippen LogP contribution in [0, 0.1) is 0 Å². The maximum atomic E-state index is 2.43. The van der Waals surface area contributed by atoms with Crippen LogP contribution in [-0.4, -0.2) is 0 Å². The van der Waals surface area contributed by atoms with Crippen molar-refractivity contribution < 1.29 is 0 Å². The van der Waals surface area contributed by atoms with Crippen LogP contribution in [-0.2, 0) is 0 Å². The van der Waals surface area contributed by atoms with Crippen molar-refractivity contribution in [1.82, 2.24) is 0 Å². The van der Waals surface area contributed by atoms with Crippen molar-refractivity contribution in [2.45, 2.75) is 45.4 Å². The molecule has 0 amide bonds. The zero-order valence-electron chi connectivity index (χ0n) is 15.6. The molecule has 0 heterocycles. The molecule has 0 N–H and O–H groups in total. The molecule has 25 heavy (non-hydrogen) atoms. The summed E-state index contributed by atoms with van der Waals surface area (Å²) in [6, 6.07) is 25.1. The minimum atomic E-state index is 0.351. The zero-order chi connectivity index (χ0) is 17.6. The molecule has 0 spiro atoms. The van der Waals surface area contributed by atoms with Crippen LogP contribution >= 0.6 is 0 Å². The van der Waals surface area contributed by atoms with Crippen LogP contribution in [0.25, 0.3) is 11.1 Å². The Morgan fingerprint density at radius 2 is 1.04 bits per heavy atom. The highest BCUT2D eigenvalue weighted by Crippen LogP contribution is 2.48. The van der Waals surface area contributed by atoms with Crippen molar-refractivity contribution in [1.29, 1.82) is 0 Å². The van der Waals surface area contributed by atoms with Crippen LogP contribution in [0.15, 0.2) is 66.7 Å². The van der Waals surface area contributed by atoms with Gasteiger partial charge in [0, 0.05) is 5.92 Å². The Bertz CT molecular complexity index is 843. The summed E-state index contributed by atoms with van der Waals surface area (Å²) < 4.78 is 0. The maximum Gasteiger partial charge on any atom is 0.0352 e. The van der Waals surface area contributed by atoms with Crippen LogP contribution in [0.1, 0.15) is 73.3 Å². The summed E-state index contributed by atoms with van der Waals surface area (Å²) in [4.78, 5) is 0. The van der Waals surface area contributed by atoms with Gasteiger partial charge in [0.2, 0.25) is 0 Å². The molecule has 0 saturated carbocycles. The van der Waals surface area contributed by atoms with Gasteiger partial charge in [-0.05, 0) is 50.8 Å². The van der Waals surface area contributed by atoms with E-state index in [0.717, 1.165) is 0 Å². The third-order valence-electron chi connectivity index (χ3n) is 5.50. The lowest BCUT2D eigenvalue weighted by Gasteiger charge is -2.20. The second-order valence-electron chi connectivity index (χ2n) is 7.85. The molecule has 0 unspecified atom stereocenters. The fraction of sp³-hybridized carbons (Fsp3) is 0.280. The quantitative estimate of drug-likeness (QED) is 0.377. The van der Waals surface area contributed by atoms with Gasteiger partial charge in [-0.25, -0.2) is 0 Å². The lowest BCUT2D eigenvalue weighted by Crippen LogP contribution is -2.03. The van der Waals surface area contributed by atoms with E-state index in [1.807, 2.05) is 0 Å². The topological polar surface area (TPSA) is 0 Å². The molecule has 0 nitrogen and oxygen atoms in total. The number of hydrogen-bond donors (Lipinski definition) is 0. The highest BCUT2D eigenvalue weighted by molar-refractivity contribution is 5.80. The number of hydrogen-bond acceptors (Lipinski definition) is 0. The van der Waals surface area contributed by atoms with E-state index in [9.17, 15) is 0 Å². The Balaban J connectivity index is 1.96. The van der Waals surface area contributed by atoms with Crippen LogP contribution in [0.4, 0.5) is 0 Å². The Hall–Kier alpha value is -2.34. The first-order chi connectivity index (χ1) is 12.1. The second kappa shape index (κ2) is 6.19. The molecule has 0 aromatic heterocycles. The molecule has 1 aliphatic carbocycles. The fourth-order valence-electron chi connectivity index (χ4n) is 4.05. The first-order valence-corrected chi connectivity index (χ1v) is 9.39. The smallest absolute Gasteiger partial charge is 0.0352 e. The van der Waals surface area contributed by atoms with Crippen molar-refractivity contribution in [2.75, 3.05) is 0 Å². The Morgan fingerprint density at radius 1 is 0.600 bits per heavy atom. The monoisotopic (exact) mass is 326 g/mol. The first-order valence-electron chi connectivity index (χ1n) is 9.39. The summed E-state index contributed by atoms with van der Waals surface area (Å²) in [6.07, 6.45) is 0. The van der Waals surface area contributed by atoms with Gasteiger partial charge >= 0.3 is 0 Å². The van der Waals surface area contributed by atoms with Crippen LogP contribution in [0.3, 0.4) is 0 Å². The largest absolute Gasteiger partial charge is 0.0619 e. The normalized spacial score (nSPS) is 13.4. The standard InChI is InChI=1S/C25H26/c1-16(2)18-13-19(17(3)4)15-20(14-18)25-23-11-7-5-9-21(23)22-10-6-8-12-24(22)25/h5-17,25H,1-4H3. The van der Waals surface area contributed by atoms with Crippen molar-refractivity contribution in [2.24, 2.45) is 0 Å². The van der Waals surface area contributed by atoms with Crippen molar-refractivity contribution >= 4 is 0 Å². The average molecular weight is 326 g/mol. The fourth-order valence-corrected chi connectivity index (χ4v) is 4.05. The Morgan fingerprint density at radius 3 is 1.48 bits per heavy atom. The highest BCUT2D eigenvalue weighted by atomic mass is 14.3. The van der Waals surface area contributed by atoms with Gasteiger partial charge in [0.15, 0.2) is 0 Å². The molecule has 0 saturated heterocycles. The second-order valence-corrected chi connectivity index (χ2v) is 7.85. The molecular weight excluding hydrogens is 300 g/mol. The summed E-state index contributed by atoms with van der Waals surface area (Å²) in [5.41, 5.74) is 10.0. The van der Waals surface area contributed by atoms with Crippen LogP contribution < -0.4 is 0 Å². The molecule has 0 fully saturated rings. The highest BCUT2D eigenvalue weighted by Gasteiger charge is 2.29. The third-order valence-corrected chi connectivity index (χ3v) is 5.50. The van der Waals surface area contributed by atoms with E-state index in [0.29, 0.717) is 17.8 Å². The summed E-state index contributed by atoms with van der Waals surface area (Å²) >= 11 is 0. The van der Waals surface area contributed by atoms with E-state index in [2.05, 4.69) is 94.4 Å². The van der Waals surface area contributed by atoms with Gasteiger partial charge in [-0.1, -0.05) is 94.4 Å². The van der Waals surface area contributed by atoms with Crippen molar-refractivity contribution in [3.05, 3.63) is 94.5 Å². The molecule has 3 aromatic carbocycles. The summed E-state index contributed by atoms with van der Waals surface area (Å²) in [6.45, 7) is 9.17. The summed E-state index contributed by atoms with van der Waals surface area (Å²) in [7, 11) is 0. The van der Waals surface area contributed by atoms with Gasteiger partial charge in [0.05, 0.1) is 0 Å². The zero-order valence-corrected chi connectivity index (χ0v) is 15.6. The van der Waals surface area contributed by atoms with Gasteiger partial charge < -0.3 is 0 Å². The number of rotatable bonds is 3. The van der Waals surface area contributed by atoms with E-state index in [4.69, 9.17) is 0 Å². The molecular formula is C25H26. The van der Waals surface area contributed by atoms with Gasteiger partial charge in [-0.2, -0.15) is 0 Å². The van der Waals surface area contributed by atoms with E-state index in [1.165, 1.54) is 38.9 Å². The number of benzene rings is 3. The molecule has 0 radical (unpaired) electrons. The molecule has 126 valence electrons. The third kappa shape index (κ3) is 2.70. The maximum absolute atomic E-state index is 2.43. The Labute approximate surface area is 151 Å². The first kappa shape index (κ1) is 16.1. The van der Waals surface area contributed by atoms with Crippen molar-refractivity contribution in [3.8, 4) is 11.1 Å². The minimum Gasteiger partial charge on any atom is -0.0619 e. The lowest BCUT2D eigenvalue weighted by atomic mass is 9.84. The van der Waals surface area contributed by atoms with Crippen LogP contribution in [0.2, 0.25) is 0 Å². The van der Waals surface area contributed by atoms with E-state index < -0.39 is 0 Å². The summed E-state index contributed by atoms with van der Waals surface area (Å²) in [5.74, 6) is 1.44. The number of fused-ring (bicyclic) bond motifs is 3. The van der Waals surface area contributed by atoms with Crippen molar-refractivity contribution in [3.63, 3.8) is 0 Å². The average Bonchev–Trinajstić information content (AvgIpc) is 2.96. The van der Waals surface area contributed by atoms with Gasteiger partial charge in [0.25, 0.3) is 0 Å². The predicted molar refractivity (Wildman–Crippen MR) is 107 cm³/mol. The predicted octanol–water partition coefficient (Wildman–Crippen LogP) is 7.09. The van der Waals surface area contributed by atoms with Gasteiger partial charge in [0.1, 0.15) is 0 Å². The lowest BCUT2D eigenvalue weighted by molar-refractivity contribution is 0.823. The van der Waals surface area contributed by atoms with E-state index in [1.54, 1.807) is 0 Å². The molecule has 3 aromatic rings.